The number of fused-ring (bicyclic) bond motifs is 1. The largest absolute Gasteiger partial charge is 0.359 e. The van der Waals surface area contributed by atoms with Crippen molar-refractivity contribution in [2.75, 3.05) is 18.5 Å². The fraction of sp³-hybridized carbons (Fsp3) is 0.333. The minimum Gasteiger partial charge on any atom is -0.359 e. The third-order valence-corrected chi connectivity index (χ3v) is 3.44. The number of nitrogens with zero attached hydrogens (tertiary/aromatic N) is 3. The highest BCUT2D eigenvalue weighted by molar-refractivity contribution is 5.86. The maximum atomic E-state index is 9.24. The summed E-state index contributed by atoms with van der Waals surface area (Å²) in [6.45, 7) is 1.04. The number of hydrogen-bond acceptors (Lipinski definition) is 3. The second kappa shape index (κ2) is 4.30. The van der Waals surface area contributed by atoms with Crippen molar-refractivity contribution in [1.82, 2.24) is 4.98 Å². The van der Waals surface area contributed by atoms with Crippen molar-refractivity contribution < 1.29 is 0 Å². The number of para-hydroxylation sites is 1. The van der Waals surface area contributed by atoms with E-state index in [4.69, 9.17) is 0 Å². The molecule has 90 valence electrons. The summed E-state index contributed by atoms with van der Waals surface area (Å²) in [6.07, 6.45) is 2.64. The van der Waals surface area contributed by atoms with E-state index < -0.39 is 0 Å². The Bertz CT molecular complexity index is 623. The molecule has 3 rings (SSSR count). The second-order valence-corrected chi connectivity index (χ2v) is 4.98. The van der Waals surface area contributed by atoms with Gasteiger partial charge in [-0.15, -0.1) is 0 Å². The molecule has 1 aromatic carbocycles. The van der Waals surface area contributed by atoms with Gasteiger partial charge in [0, 0.05) is 19.0 Å². The van der Waals surface area contributed by atoms with Crippen LogP contribution in [-0.2, 0) is 0 Å². The third-order valence-electron chi connectivity index (χ3n) is 3.44. The lowest BCUT2D eigenvalue weighted by atomic mass is 10.1. The molecule has 1 aliphatic rings. The topological polar surface area (TPSA) is 39.9 Å². The molecule has 0 saturated heterocycles. The van der Waals surface area contributed by atoms with E-state index in [1.807, 2.05) is 30.3 Å². The molecule has 0 unspecified atom stereocenters. The quantitative estimate of drug-likeness (QED) is 0.824. The second-order valence-electron chi connectivity index (χ2n) is 4.98. The average molecular weight is 237 g/mol. The monoisotopic (exact) mass is 237 g/mol. The van der Waals surface area contributed by atoms with Crippen molar-refractivity contribution in [3.8, 4) is 6.07 Å². The van der Waals surface area contributed by atoms with Gasteiger partial charge in [0.1, 0.15) is 5.82 Å². The van der Waals surface area contributed by atoms with Crippen LogP contribution in [0.25, 0.3) is 10.9 Å². The molecule has 0 bridgehead atoms. The molecule has 0 N–H and O–H groups in total. The van der Waals surface area contributed by atoms with E-state index in [0.29, 0.717) is 5.56 Å². The van der Waals surface area contributed by atoms with Crippen LogP contribution in [0.15, 0.2) is 30.3 Å². The highest BCUT2D eigenvalue weighted by Crippen LogP contribution is 2.31. The van der Waals surface area contributed by atoms with Gasteiger partial charge < -0.3 is 4.90 Å². The minimum atomic E-state index is 0.707. The van der Waals surface area contributed by atoms with Gasteiger partial charge in [-0.1, -0.05) is 18.2 Å². The van der Waals surface area contributed by atoms with Crippen LogP contribution >= 0.6 is 0 Å². The molecule has 0 aliphatic heterocycles. The molecule has 1 fully saturated rings. The number of benzene rings is 1. The fourth-order valence-electron chi connectivity index (χ4n) is 2.23. The van der Waals surface area contributed by atoms with Crippen LogP contribution in [0.2, 0.25) is 0 Å². The molecule has 1 aliphatic carbocycles. The van der Waals surface area contributed by atoms with Gasteiger partial charge in [-0.2, -0.15) is 5.26 Å². The molecule has 1 saturated carbocycles. The van der Waals surface area contributed by atoms with Gasteiger partial charge in [-0.05, 0) is 30.9 Å². The predicted molar refractivity (Wildman–Crippen MR) is 72.5 cm³/mol. The highest BCUT2D eigenvalue weighted by Gasteiger charge is 2.23. The average Bonchev–Trinajstić information content (AvgIpc) is 3.21. The molecule has 0 spiro atoms. The van der Waals surface area contributed by atoms with Crippen molar-refractivity contribution in [1.29, 1.82) is 5.26 Å². The summed E-state index contributed by atoms with van der Waals surface area (Å²) in [5.41, 5.74) is 1.60. The Balaban J connectivity index is 2.04. The van der Waals surface area contributed by atoms with Crippen molar-refractivity contribution in [2.24, 2.45) is 5.92 Å². The summed E-state index contributed by atoms with van der Waals surface area (Å²) in [6, 6.07) is 12.0. The number of rotatable bonds is 3. The first kappa shape index (κ1) is 11.0. The Morgan fingerprint density at radius 3 is 2.89 bits per heavy atom. The Labute approximate surface area is 107 Å². The first-order valence-corrected chi connectivity index (χ1v) is 6.29. The van der Waals surface area contributed by atoms with E-state index in [1.54, 1.807) is 0 Å². The van der Waals surface area contributed by atoms with Gasteiger partial charge in [-0.25, -0.2) is 4.98 Å². The van der Waals surface area contributed by atoms with Crippen molar-refractivity contribution in [3.05, 3.63) is 35.9 Å². The number of nitriles is 1. The summed E-state index contributed by atoms with van der Waals surface area (Å²) in [5, 5.41) is 10.2. The summed E-state index contributed by atoms with van der Waals surface area (Å²) < 4.78 is 0. The third kappa shape index (κ3) is 2.02. The Morgan fingerprint density at radius 2 is 2.17 bits per heavy atom. The Kier molecular flexibility index (Phi) is 2.64. The van der Waals surface area contributed by atoms with E-state index in [-0.39, 0.29) is 0 Å². The van der Waals surface area contributed by atoms with Gasteiger partial charge in [0.05, 0.1) is 17.1 Å². The molecule has 3 nitrogen and oxygen atoms in total. The van der Waals surface area contributed by atoms with Crippen LogP contribution in [0.4, 0.5) is 5.82 Å². The van der Waals surface area contributed by atoms with Gasteiger partial charge in [0.15, 0.2) is 0 Å². The molecular formula is C15H15N3. The molecule has 3 heteroatoms. The maximum absolute atomic E-state index is 9.24. The van der Waals surface area contributed by atoms with E-state index in [0.717, 1.165) is 29.2 Å². The number of hydrogen-bond donors (Lipinski definition) is 0. The molecule has 18 heavy (non-hydrogen) atoms. The summed E-state index contributed by atoms with van der Waals surface area (Å²) in [4.78, 5) is 6.80. The van der Waals surface area contributed by atoms with E-state index in [2.05, 4.69) is 23.0 Å². The maximum Gasteiger partial charge on any atom is 0.130 e. The zero-order valence-corrected chi connectivity index (χ0v) is 10.4. The van der Waals surface area contributed by atoms with Crippen molar-refractivity contribution >= 4 is 16.7 Å². The summed E-state index contributed by atoms with van der Waals surface area (Å²) >= 11 is 0. The van der Waals surface area contributed by atoms with E-state index in [9.17, 15) is 5.26 Å². The molecule has 0 amide bonds. The number of pyridine rings is 1. The lowest BCUT2D eigenvalue weighted by Crippen LogP contribution is -2.21. The van der Waals surface area contributed by atoms with Crippen molar-refractivity contribution in [3.63, 3.8) is 0 Å². The highest BCUT2D eigenvalue weighted by atomic mass is 15.2. The fourth-order valence-corrected chi connectivity index (χ4v) is 2.23. The molecule has 0 radical (unpaired) electrons. The number of aromatic nitrogens is 1. The van der Waals surface area contributed by atoms with Crippen LogP contribution in [0.5, 0.6) is 0 Å². The molecule has 1 aromatic heterocycles. The molecular weight excluding hydrogens is 222 g/mol. The number of anilines is 1. The lowest BCUT2D eigenvalue weighted by molar-refractivity contribution is 0.779. The Hall–Kier alpha value is -2.08. The van der Waals surface area contributed by atoms with Gasteiger partial charge in [0.25, 0.3) is 0 Å². The van der Waals surface area contributed by atoms with Crippen molar-refractivity contribution in [2.45, 2.75) is 12.8 Å². The van der Waals surface area contributed by atoms with Crippen LogP contribution in [0.1, 0.15) is 18.4 Å². The predicted octanol–water partition coefficient (Wildman–Crippen LogP) is 2.95. The SMILES string of the molecule is CN(CC1CC1)c1cc(C#N)c2ccccc2n1. The van der Waals surface area contributed by atoms with Crippen LogP contribution in [-0.4, -0.2) is 18.6 Å². The summed E-state index contributed by atoms with van der Waals surface area (Å²) in [7, 11) is 2.05. The van der Waals surface area contributed by atoms with E-state index in [1.165, 1.54) is 12.8 Å². The molecule has 1 heterocycles. The van der Waals surface area contributed by atoms with Crippen LogP contribution in [0.3, 0.4) is 0 Å². The zero-order valence-electron chi connectivity index (χ0n) is 10.4. The van der Waals surface area contributed by atoms with E-state index >= 15 is 0 Å². The Morgan fingerprint density at radius 1 is 1.39 bits per heavy atom. The molecule has 0 atom stereocenters. The normalized spacial score (nSPS) is 14.4. The van der Waals surface area contributed by atoms with Gasteiger partial charge >= 0.3 is 0 Å². The molecule has 2 aromatic rings. The zero-order chi connectivity index (χ0) is 12.5. The van der Waals surface area contributed by atoms with Gasteiger partial charge in [0.2, 0.25) is 0 Å². The first-order valence-electron chi connectivity index (χ1n) is 6.29. The van der Waals surface area contributed by atoms with Crippen LogP contribution in [0, 0.1) is 17.2 Å². The van der Waals surface area contributed by atoms with Gasteiger partial charge in [-0.3, -0.25) is 0 Å². The minimum absolute atomic E-state index is 0.707. The first-order chi connectivity index (χ1) is 8.78. The lowest BCUT2D eigenvalue weighted by Gasteiger charge is -2.18. The standard InChI is InChI=1S/C15H15N3/c1-18(10-11-6-7-11)15-8-12(9-16)13-4-2-3-5-14(13)17-15/h2-5,8,11H,6-7,10H2,1H3. The smallest absolute Gasteiger partial charge is 0.130 e. The summed E-state index contributed by atoms with van der Waals surface area (Å²) in [5.74, 6) is 1.71. The van der Waals surface area contributed by atoms with Crippen LogP contribution < -0.4 is 4.90 Å².